The maximum absolute atomic E-state index is 13.3. The molecule has 5 N–H and O–H groups in total. The lowest BCUT2D eigenvalue weighted by molar-refractivity contribution is -0.138. The molecule has 0 spiro atoms. The molecular weight excluding hydrogens is 459 g/mol. The Hall–Kier alpha value is -3.82. The molecule has 0 fully saturated rings. The molecule has 2 aromatic carbocycles. The number of anilines is 2. The van der Waals surface area contributed by atoms with Gasteiger partial charge in [0.25, 0.3) is 5.91 Å². The third-order valence-corrected chi connectivity index (χ3v) is 5.54. The molecule has 1 heterocycles. The van der Waals surface area contributed by atoms with Crippen molar-refractivity contribution in [3.63, 3.8) is 0 Å². The Bertz CT molecular complexity index is 1250. The number of rotatable bonds is 7. The number of nitrogens with zero attached hydrogens (tertiary/aromatic N) is 2. The summed E-state index contributed by atoms with van der Waals surface area (Å²) in [6.45, 7) is 7.08. The zero-order valence-corrected chi connectivity index (χ0v) is 19.9. The number of nitrogens with one attached hydrogen (secondary N) is 1. The number of hydrogen-bond acceptors (Lipinski definition) is 4. The third-order valence-electron chi connectivity index (χ3n) is 5.54. The summed E-state index contributed by atoms with van der Waals surface area (Å²) in [6, 6.07) is 10.3. The van der Waals surface area contributed by atoms with Crippen molar-refractivity contribution < 1.29 is 22.8 Å². The van der Waals surface area contributed by atoms with Crippen LogP contribution in [0.1, 0.15) is 66.7 Å². The van der Waals surface area contributed by atoms with Gasteiger partial charge in [-0.3, -0.25) is 9.59 Å². The summed E-state index contributed by atoms with van der Waals surface area (Å²) < 4.78 is 41.3. The van der Waals surface area contributed by atoms with Gasteiger partial charge in [0.05, 0.1) is 12.0 Å². The highest BCUT2D eigenvalue weighted by Crippen LogP contribution is 2.36. The summed E-state index contributed by atoms with van der Waals surface area (Å²) in [6.07, 6.45) is -4.46. The molecule has 3 rings (SSSR count). The lowest BCUT2D eigenvalue weighted by Crippen LogP contribution is -2.16. The smallest absolute Gasteiger partial charge is 0.383 e. The van der Waals surface area contributed by atoms with Crippen molar-refractivity contribution in [1.82, 2.24) is 9.78 Å². The average Bonchev–Trinajstić information content (AvgIpc) is 3.11. The molecule has 0 unspecified atom stereocenters. The van der Waals surface area contributed by atoms with Gasteiger partial charge < -0.3 is 16.8 Å². The van der Waals surface area contributed by atoms with E-state index in [-0.39, 0.29) is 41.2 Å². The van der Waals surface area contributed by atoms with Crippen LogP contribution in [-0.4, -0.2) is 21.6 Å². The van der Waals surface area contributed by atoms with Gasteiger partial charge >= 0.3 is 6.18 Å². The summed E-state index contributed by atoms with van der Waals surface area (Å²) in [5.74, 6) is -1.25. The van der Waals surface area contributed by atoms with Crippen molar-refractivity contribution in [3.05, 3.63) is 64.7 Å². The predicted molar refractivity (Wildman–Crippen MR) is 129 cm³/mol. The summed E-state index contributed by atoms with van der Waals surface area (Å²) >= 11 is 0. The van der Waals surface area contributed by atoms with E-state index >= 15 is 0 Å². The first-order valence-corrected chi connectivity index (χ1v) is 11.1. The van der Waals surface area contributed by atoms with Gasteiger partial charge in [0, 0.05) is 17.3 Å². The third kappa shape index (κ3) is 5.64. The molecule has 0 aliphatic heterocycles. The van der Waals surface area contributed by atoms with Crippen LogP contribution in [0, 0.1) is 0 Å². The Morgan fingerprint density at radius 3 is 2.20 bits per heavy atom. The number of benzene rings is 2. The van der Waals surface area contributed by atoms with E-state index in [0.29, 0.717) is 22.5 Å². The maximum atomic E-state index is 13.3. The molecule has 2 amide bonds. The van der Waals surface area contributed by atoms with Crippen LogP contribution in [0.5, 0.6) is 0 Å². The van der Waals surface area contributed by atoms with Crippen LogP contribution in [0.3, 0.4) is 0 Å². The van der Waals surface area contributed by atoms with Crippen LogP contribution in [0.15, 0.2) is 42.5 Å². The number of nitrogens with two attached hydrogens (primary N) is 2. The van der Waals surface area contributed by atoms with Gasteiger partial charge in [-0.2, -0.15) is 18.3 Å². The van der Waals surface area contributed by atoms with E-state index in [9.17, 15) is 22.8 Å². The summed E-state index contributed by atoms with van der Waals surface area (Å²) in [5.41, 5.74) is 13.0. The van der Waals surface area contributed by atoms with E-state index < -0.39 is 17.6 Å². The van der Waals surface area contributed by atoms with Crippen molar-refractivity contribution in [2.24, 2.45) is 5.73 Å². The second-order valence-corrected chi connectivity index (χ2v) is 8.89. The van der Waals surface area contributed by atoms with Crippen molar-refractivity contribution in [1.29, 1.82) is 0 Å². The number of carbonyl (C=O) groups excluding carboxylic acids is 2. The van der Waals surface area contributed by atoms with Gasteiger partial charge in [0.15, 0.2) is 0 Å². The standard InChI is InChI=1S/C25H28F3N5O2/c1-13(2)18-12-17(9-10-19(18)25(26,27)28)31-20(34)11-15-5-7-16(8-6-15)22-21(24(30)35)23(29)33(32-22)14(3)4/h5-10,12-14H,11,29H2,1-4H3,(H2,30,35)(H,31,34). The fourth-order valence-electron chi connectivity index (χ4n) is 3.83. The second-order valence-electron chi connectivity index (χ2n) is 8.89. The van der Waals surface area contributed by atoms with Crippen molar-refractivity contribution in [3.8, 4) is 11.3 Å². The molecule has 10 heteroatoms. The van der Waals surface area contributed by atoms with E-state index in [1.54, 1.807) is 38.1 Å². The van der Waals surface area contributed by atoms with Gasteiger partial charge in [0.1, 0.15) is 17.1 Å². The minimum atomic E-state index is -4.46. The number of halogens is 3. The Morgan fingerprint density at radius 1 is 1.06 bits per heavy atom. The van der Waals surface area contributed by atoms with Crippen LogP contribution in [0.25, 0.3) is 11.3 Å². The second kappa shape index (κ2) is 9.81. The van der Waals surface area contributed by atoms with Gasteiger partial charge in [0.2, 0.25) is 5.91 Å². The molecule has 0 saturated carbocycles. The van der Waals surface area contributed by atoms with Gasteiger partial charge in [-0.25, -0.2) is 4.68 Å². The van der Waals surface area contributed by atoms with Gasteiger partial charge in [-0.15, -0.1) is 0 Å². The quantitative estimate of drug-likeness (QED) is 0.428. The molecular formula is C25H28F3N5O2. The number of alkyl halides is 3. The highest BCUT2D eigenvalue weighted by atomic mass is 19.4. The summed E-state index contributed by atoms with van der Waals surface area (Å²) in [7, 11) is 0. The SMILES string of the molecule is CC(C)c1cc(NC(=O)Cc2ccc(-c3nn(C(C)C)c(N)c3C(N)=O)cc2)ccc1C(F)(F)F. The first kappa shape index (κ1) is 25.8. The average molecular weight is 488 g/mol. The zero-order valence-electron chi connectivity index (χ0n) is 19.9. The van der Waals surface area contributed by atoms with Crippen LogP contribution < -0.4 is 16.8 Å². The van der Waals surface area contributed by atoms with Crippen LogP contribution in [-0.2, 0) is 17.4 Å². The molecule has 7 nitrogen and oxygen atoms in total. The van der Waals surface area contributed by atoms with Crippen molar-refractivity contribution in [2.75, 3.05) is 11.1 Å². The highest BCUT2D eigenvalue weighted by Gasteiger charge is 2.34. The summed E-state index contributed by atoms with van der Waals surface area (Å²) in [5, 5.41) is 7.08. The minimum absolute atomic E-state index is 0.00354. The largest absolute Gasteiger partial charge is 0.416 e. The van der Waals surface area contributed by atoms with Gasteiger partial charge in [-0.05, 0) is 49.1 Å². The topological polar surface area (TPSA) is 116 Å². The first-order chi connectivity index (χ1) is 16.3. The van der Waals surface area contributed by atoms with E-state index in [2.05, 4.69) is 10.4 Å². The number of hydrogen-bond donors (Lipinski definition) is 3. The normalized spacial score (nSPS) is 11.8. The number of nitrogen functional groups attached to an aromatic ring is 1. The van der Waals surface area contributed by atoms with Crippen molar-refractivity contribution in [2.45, 2.75) is 52.3 Å². The van der Waals surface area contributed by atoms with E-state index in [0.717, 1.165) is 6.07 Å². The van der Waals surface area contributed by atoms with E-state index in [1.165, 1.54) is 16.8 Å². The molecule has 186 valence electrons. The fraction of sp³-hybridized carbons (Fsp3) is 0.320. The molecule has 0 atom stereocenters. The van der Waals surface area contributed by atoms with Crippen LogP contribution >= 0.6 is 0 Å². The Morgan fingerprint density at radius 2 is 1.69 bits per heavy atom. The van der Waals surface area contributed by atoms with Crippen LogP contribution in [0.2, 0.25) is 0 Å². The number of amides is 2. The number of primary amides is 1. The number of aromatic nitrogens is 2. The first-order valence-electron chi connectivity index (χ1n) is 11.1. The fourth-order valence-corrected chi connectivity index (χ4v) is 3.83. The van der Waals surface area contributed by atoms with Crippen LogP contribution in [0.4, 0.5) is 24.7 Å². The summed E-state index contributed by atoms with van der Waals surface area (Å²) in [4.78, 5) is 24.5. The highest BCUT2D eigenvalue weighted by molar-refractivity contribution is 6.03. The predicted octanol–water partition coefficient (Wildman–Crippen LogP) is 5.14. The maximum Gasteiger partial charge on any atom is 0.416 e. The lowest BCUT2D eigenvalue weighted by Gasteiger charge is -2.17. The molecule has 0 aliphatic rings. The molecule has 0 saturated heterocycles. The molecule has 3 aromatic rings. The lowest BCUT2D eigenvalue weighted by atomic mass is 9.96. The Balaban J connectivity index is 1.78. The van der Waals surface area contributed by atoms with E-state index in [1.807, 2.05) is 13.8 Å². The molecule has 35 heavy (non-hydrogen) atoms. The van der Waals surface area contributed by atoms with E-state index in [4.69, 9.17) is 11.5 Å². The number of carbonyl (C=O) groups is 2. The Labute approximate surface area is 201 Å². The van der Waals surface area contributed by atoms with Gasteiger partial charge in [-0.1, -0.05) is 38.1 Å². The Kier molecular flexibility index (Phi) is 7.23. The zero-order chi connectivity index (χ0) is 26.1. The van der Waals surface area contributed by atoms with Crippen molar-refractivity contribution >= 4 is 23.3 Å². The molecule has 0 bridgehead atoms. The molecule has 0 radical (unpaired) electrons. The molecule has 0 aliphatic carbocycles. The molecule has 1 aromatic heterocycles. The monoisotopic (exact) mass is 487 g/mol. The minimum Gasteiger partial charge on any atom is -0.383 e.